The molecule has 2 N–H and O–H groups in total. The third-order valence-electron chi connectivity index (χ3n) is 1.22. The minimum atomic E-state index is 0. The van der Waals surface area contributed by atoms with Crippen LogP contribution in [0.3, 0.4) is 0 Å². The molecule has 0 aliphatic rings. The van der Waals surface area contributed by atoms with Crippen molar-refractivity contribution in [1.82, 2.24) is 0 Å². The highest BCUT2D eigenvalue weighted by Gasteiger charge is 1.93. The molecule has 0 unspecified atom stereocenters. The lowest BCUT2D eigenvalue weighted by Crippen LogP contribution is -2.24. The largest absolute Gasteiger partial charge is 0.314 e. The van der Waals surface area contributed by atoms with Crippen LogP contribution >= 0.6 is 36.4 Å². The van der Waals surface area contributed by atoms with Gasteiger partial charge in [0.05, 0.1) is 5.69 Å². The molecule has 0 fully saturated rings. The molecule has 0 aliphatic carbocycles. The molecule has 12 heavy (non-hydrogen) atoms. The Kier molecular flexibility index (Phi) is 7.64. The van der Waals surface area contributed by atoms with Crippen LogP contribution in [0.5, 0.6) is 0 Å². The first kappa shape index (κ1) is 14.4. The number of halogens is 3. The number of hydrogen-bond donors (Lipinski definition) is 1. The molecule has 70 valence electrons. The predicted molar refractivity (Wildman–Crippen MR) is 58.5 cm³/mol. The smallest absolute Gasteiger partial charge is 0.0528 e. The number of hydrazine groups is 1. The number of rotatable bonds is 1. The molecule has 0 aliphatic heterocycles. The summed E-state index contributed by atoms with van der Waals surface area (Å²) in [5.41, 5.74) is 0.910. The average molecular weight is 230 g/mol. The van der Waals surface area contributed by atoms with Crippen molar-refractivity contribution >= 4 is 42.1 Å². The molecule has 0 saturated carbocycles. The maximum absolute atomic E-state index is 5.71. The Bertz CT molecular complexity index is 228. The van der Waals surface area contributed by atoms with E-state index in [1.165, 1.54) is 5.01 Å². The van der Waals surface area contributed by atoms with Crippen LogP contribution in [0.25, 0.3) is 0 Å². The summed E-state index contributed by atoms with van der Waals surface area (Å²) in [7, 11) is 1.77. The van der Waals surface area contributed by atoms with E-state index in [1.54, 1.807) is 7.05 Å². The van der Waals surface area contributed by atoms with Gasteiger partial charge in [-0.15, -0.1) is 24.8 Å². The van der Waals surface area contributed by atoms with Crippen molar-refractivity contribution in [1.29, 1.82) is 0 Å². The van der Waals surface area contributed by atoms with E-state index in [9.17, 15) is 0 Å². The number of benzene rings is 1. The van der Waals surface area contributed by atoms with E-state index in [0.717, 1.165) is 5.69 Å². The summed E-state index contributed by atoms with van der Waals surface area (Å²) in [6.07, 6.45) is 0. The van der Waals surface area contributed by atoms with Crippen molar-refractivity contribution in [3.05, 3.63) is 29.3 Å². The lowest BCUT2D eigenvalue weighted by molar-refractivity contribution is 1.02. The SMILES string of the molecule is CN(N)c1cccc(Cl)c1.Cl.Cl. The molecule has 0 radical (unpaired) electrons. The van der Waals surface area contributed by atoms with Crippen molar-refractivity contribution in [3.63, 3.8) is 0 Å². The molecule has 0 bridgehead atoms. The molecule has 0 amide bonds. The lowest BCUT2D eigenvalue weighted by Gasteiger charge is -2.10. The fourth-order valence-electron chi connectivity index (χ4n) is 0.696. The van der Waals surface area contributed by atoms with Gasteiger partial charge in [0.2, 0.25) is 0 Å². The standard InChI is InChI=1S/C7H9ClN2.2ClH/c1-10(9)7-4-2-3-6(8)5-7;;/h2-5H,9H2,1H3;2*1H. The van der Waals surface area contributed by atoms with E-state index in [-0.39, 0.29) is 24.8 Å². The molecule has 0 heterocycles. The fraction of sp³-hybridized carbons (Fsp3) is 0.143. The van der Waals surface area contributed by atoms with E-state index in [0.29, 0.717) is 5.02 Å². The Morgan fingerprint density at radius 2 is 1.92 bits per heavy atom. The van der Waals surface area contributed by atoms with Gasteiger partial charge in [0, 0.05) is 12.1 Å². The summed E-state index contributed by atoms with van der Waals surface area (Å²) in [6.45, 7) is 0. The van der Waals surface area contributed by atoms with Gasteiger partial charge in [-0.2, -0.15) is 0 Å². The molecule has 0 saturated heterocycles. The van der Waals surface area contributed by atoms with Crippen molar-refractivity contribution in [2.45, 2.75) is 0 Å². The van der Waals surface area contributed by atoms with Crippen LogP contribution in [-0.2, 0) is 0 Å². The van der Waals surface area contributed by atoms with E-state index < -0.39 is 0 Å². The maximum Gasteiger partial charge on any atom is 0.0528 e. The van der Waals surface area contributed by atoms with Gasteiger partial charge < -0.3 is 5.01 Å². The van der Waals surface area contributed by atoms with Gasteiger partial charge in [0.25, 0.3) is 0 Å². The van der Waals surface area contributed by atoms with Gasteiger partial charge in [-0.05, 0) is 18.2 Å². The zero-order valence-corrected chi connectivity index (χ0v) is 8.92. The Morgan fingerprint density at radius 1 is 1.33 bits per heavy atom. The number of hydrogen-bond acceptors (Lipinski definition) is 2. The molecule has 0 spiro atoms. The van der Waals surface area contributed by atoms with Crippen molar-refractivity contribution in [2.75, 3.05) is 12.1 Å². The molecule has 2 nitrogen and oxygen atoms in total. The second-order valence-electron chi connectivity index (χ2n) is 2.09. The second-order valence-corrected chi connectivity index (χ2v) is 2.53. The molecule has 1 aromatic rings. The fourth-order valence-corrected chi connectivity index (χ4v) is 0.880. The summed E-state index contributed by atoms with van der Waals surface area (Å²) in [4.78, 5) is 0. The van der Waals surface area contributed by atoms with Crippen LogP contribution in [-0.4, -0.2) is 7.05 Å². The molecule has 1 rings (SSSR count). The van der Waals surface area contributed by atoms with Gasteiger partial charge in [-0.3, -0.25) is 0 Å². The zero-order valence-electron chi connectivity index (χ0n) is 6.53. The molecular weight excluding hydrogens is 218 g/mol. The van der Waals surface area contributed by atoms with Crippen LogP contribution in [0.2, 0.25) is 5.02 Å². The van der Waals surface area contributed by atoms with Crippen LogP contribution < -0.4 is 10.9 Å². The summed E-state index contributed by atoms with van der Waals surface area (Å²) in [6, 6.07) is 7.38. The second kappa shape index (κ2) is 6.38. The van der Waals surface area contributed by atoms with Crippen LogP contribution in [0.4, 0.5) is 5.69 Å². The molecular formula is C7H11Cl3N2. The molecule has 5 heteroatoms. The van der Waals surface area contributed by atoms with Gasteiger partial charge in [-0.25, -0.2) is 5.84 Å². The Morgan fingerprint density at radius 3 is 2.25 bits per heavy atom. The maximum atomic E-state index is 5.71. The van der Waals surface area contributed by atoms with Crippen molar-refractivity contribution in [2.24, 2.45) is 5.84 Å². The van der Waals surface area contributed by atoms with Crippen molar-refractivity contribution in [3.8, 4) is 0 Å². The topological polar surface area (TPSA) is 29.3 Å². The minimum Gasteiger partial charge on any atom is -0.314 e. The molecule has 0 atom stereocenters. The lowest BCUT2D eigenvalue weighted by atomic mass is 10.3. The first-order chi connectivity index (χ1) is 4.70. The van der Waals surface area contributed by atoms with E-state index in [1.807, 2.05) is 24.3 Å². The summed E-state index contributed by atoms with van der Waals surface area (Å²) in [5, 5.41) is 2.22. The average Bonchev–Trinajstić information content (AvgIpc) is 1.88. The van der Waals surface area contributed by atoms with Gasteiger partial charge in [-0.1, -0.05) is 17.7 Å². The van der Waals surface area contributed by atoms with Crippen LogP contribution in [0.1, 0.15) is 0 Å². The third kappa shape index (κ3) is 4.02. The van der Waals surface area contributed by atoms with E-state index in [2.05, 4.69) is 0 Å². The Balaban J connectivity index is 0. The highest BCUT2D eigenvalue weighted by atomic mass is 35.5. The van der Waals surface area contributed by atoms with Gasteiger partial charge in [0.1, 0.15) is 0 Å². The number of nitrogens with two attached hydrogens (primary N) is 1. The highest BCUT2D eigenvalue weighted by molar-refractivity contribution is 6.30. The zero-order chi connectivity index (χ0) is 7.56. The first-order valence-electron chi connectivity index (χ1n) is 2.94. The summed E-state index contributed by atoms with van der Waals surface area (Å²) in [5.74, 6) is 5.46. The van der Waals surface area contributed by atoms with Crippen LogP contribution in [0.15, 0.2) is 24.3 Å². The van der Waals surface area contributed by atoms with Crippen LogP contribution in [0, 0.1) is 0 Å². The highest BCUT2D eigenvalue weighted by Crippen LogP contribution is 2.15. The van der Waals surface area contributed by atoms with Gasteiger partial charge >= 0.3 is 0 Å². The Hall–Kier alpha value is -0.150. The van der Waals surface area contributed by atoms with Crippen molar-refractivity contribution < 1.29 is 0 Å². The quantitative estimate of drug-likeness (QED) is 0.592. The minimum absolute atomic E-state index is 0. The monoisotopic (exact) mass is 228 g/mol. The molecule has 1 aromatic carbocycles. The van der Waals surface area contributed by atoms with E-state index >= 15 is 0 Å². The number of nitrogens with zero attached hydrogens (tertiary/aromatic N) is 1. The third-order valence-corrected chi connectivity index (χ3v) is 1.45. The number of anilines is 1. The predicted octanol–water partition coefficient (Wildman–Crippen LogP) is 2.49. The first-order valence-corrected chi connectivity index (χ1v) is 3.32. The molecule has 0 aromatic heterocycles. The Labute approximate surface area is 89.5 Å². The normalized spacial score (nSPS) is 7.92. The van der Waals surface area contributed by atoms with E-state index in [4.69, 9.17) is 17.4 Å². The summed E-state index contributed by atoms with van der Waals surface area (Å²) < 4.78 is 0. The summed E-state index contributed by atoms with van der Waals surface area (Å²) >= 11 is 5.71. The van der Waals surface area contributed by atoms with Gasteiger partial charge in [0.15, 0.2) is 0 Å².